The average Bonchev–Trinajstić information content (AvgIpc) is 2.81. The van der Waals surface area contributed by atoms with Crippen molar-refractivity contribution in [2.45, 2.75) is 63.0 Å². The zero-order chi connectivity index (χ0) is 19.9. The van der Waals surface area contributed by atoms with Gasteiger partial charge in [-0.3, -0.25) is 0 Å². The Balaban J connectivity index is 1.96. The largest absolute Gasteiger partial charge is 0.342 e. The summed E-state index contributed by atoms with van der Waals surface area (Å²) in [5.74, 6) is 0. The minimum absolute atomic E-state index is 0.213. The highest BCUT2D eigenvalue weighted by molar-refractivity contribution is 7.89. The van der Waals surface area contributed by atoms with Crippen LogP contribution in [0.5, 0.6) is 0 Å². The van der Waals surface area contributed by atoms with Gasteiger partial charge < -0.3 is 9.47 Å². The molecular formula is C21H27NO4S. The van der Waals surface area contributed by atoms with Gasteiger partial charge in [-0.1, -0.05) is 48.0 Å². The highest BCUT2D eigenvalue weighted by Gasteiger charge is 2.52. The number of hydrogen-bond donors (Lipinski definition) is 1. The molecule has 1 atom stereocenters. The van der Waals surface area contributed by atoms with E-state index in [1.54, 1.807) is 24.3 Å². The molecule has 0 bridgehead atoms. The summed E-state index contributed by atoms with van der Waals surface area (Å²) in [5.41, 5.74) is 0.672. The highest BCUT2D eigenvalue weighted by atomic mass is 32.2. The van der Waals surface area contributed by atoms with Gasteiger partial charge in [-0.15, -0.1) is 0 Å². The lowest BCUT2D eigenvalue weighted by Gasteiger charge is -2.30. The van der Waals surface area contributed by atoms with Gasteiger partial charge in [0, 0.05) is 0 Å². The van der Waals surface area contributed by atoms with Crippen molar-refractivity contribution in [1.29, 1.82) is 0 Å². The third-order valence-electron chi connectivity index (χ3n) is 5.32. The molecule has 146 valence electrons. The average molecular weight is 390 g/mol. The lowest BCUT2D eigenvalue weighted by atomic mass is 9.90. The predicted octanol–water partition coefficient (Wildman–Crippen LogP) is 3.94. The van der Waals surface area contributed by atoms with Crippen molar-refractivity contribution < 1.29 is 17.9 Å². The molecule has 27 heavy (non-hydrogen) atoms. The first-order chi connectivity index (χ1) is 12.5. The van der Waals surface area contributed by atoms with Gasteiger partial charge in [0.05, 0.1) is 22.1 Å². The third kappa shape index (κ3) is 4.09. The topological polar surface area (TPSA) is 64.6 Å². The van der Waals surface area contributed by atoms with E-state index in [-0.39, 0.29) is 4.90 Å². The summed E-state index contributed by atoms with van der Waals surface area (Å²) in [4.78, 5) is 0.213. The van der Waals surface area contributed by atoms with Crippen molar-refractivity contribution >= 4 is 10.0 Å². The molecule has 1 N–H and O–H groups in total. The number of rotatable bonds is 5. The zero-order valence-electron chi connectivity index (χ0n) is 16.4. The van der Waals surface area contributed by atoms with Gasteiger partial charge in [-0.2, -0.15) is 4.72 Å². The normalized spacial score (nSPS) is 20.5. The Bertz CT molecular complexity index is 874. The molecule has 1 saturated heterocycles. The molecule has 2 aromatic carbocycles. The number of sulfonamides is 1. The van der Waals surface area contributed by atoms with E-state index in [9.17, 15) is 8.42 Å². The number of benzene rings is 2. The first kappa shape index (κ1) is 20.0. The maximum absolute atomic E-state index is 13.0. The number of nitrogens with one attached hydrogen (secondary N) is 1. The van der Waals surface area contributed by atoms with E-state index >= 15 is 0 Å². The summed E-state index contributed by atoms with van der Waals surface area (Å²) in [6.45, 7) is 9.71. The molecule has 0 aliphatic carbocycles. The number of ether oxygens (including phenoxy) is 2. The molecule has 0 aromatic heterocycles. The van der Waals surface area contributed by atoms with Crippen molar-refractivity contribution in [2.24, 2.45) is 0 Å². The summed E-state index contributed by atoms with van der Waals surface area (Å²) in [6.07, 6.45) is -0.738. The fourth-order valence-corrected chi connectivity index (χ4v) is 4.13. The molecule has 0 saturated carbocycles. The molecule has 0 amide bonds. The highest BCUT2D eigenvalue weighted by Crippen LogP contribution is 2.42. The summed E-state index contributed by atoms with van der Waals surface area (Å²) < 4.78 is 41.0. The summed E-state index contributed by atoms with van der Waals surface area (Å²) in [5, 5.41) is 0. The Morgan fingerprint density at radius 3 is 1.93 bits per heavy atom. The van der Waals surface area contributed by atoms with Crippen LogP contribution in [0.25, 0.3) is 0 Å². The minimum Gasteiger partial charge on any atom is -0.342 e. The predicted molar refractivity (Wildman–Crippen MR) is 105 cm³/mol. The van der Waals surface area contributed by atoms with E-state index in [1.807, 2.05) is 65.0 Å². The van der Waals surface area contributed by atoms with Gasteiger partial charge >= 0.3 is 0 Å². The second-order valence-electron chi connectivity index (χ2n) is 7.95. The minimum atomic E-state index is -3.75. The van der Waals surface area contributed by atoms with Crippen LogP contribution in [0.3, 0.4) is 0 Å². The lowest BCUT2D eigenvalue weighted by molar-refractivity contribution is -0.105. The summed E-state index contributed by atoms with van der Waals surface area (Å²) >= 11 is 0. The van der Waals surface area contributed by atoms with Gasteiger partial charge in [0.1, 0.15) is 0 Å². The van der Waals surface area contributed by atoms with Gasteiger partial charge in [0.2, 0.25) is 10.0 Å². The van der Waals surface area contributed by atoms with Crippen LogP contribution >= 0.6 is 0 Å². The molecule has 3 rings (SSSR count). The van der Waals surface area contributed by atoms with E-state index in [4.69, 9.17) is 9.47 Å². The van der Waals surface area contributed by atoms with Crippen LogP contribution in [-0.4, -0.2) is 25.9 Å². The van der Waals surface area contributed by atoms with Crippen LogP contribution in [0, 0.1) is 6.92 Å². The van der Waals surface area contributed by atoms with Crippen LogP contribution in [-0.2, 0) is 19.5 Å². The van der Waals surface area contributed by atoms with E-state index in [2.05, 4.69) is 4.72 Å². The Morgan fingerprint density at radius 1 is 0.889 bits per heavy atom. The van der Waals surface area contributed by atoms with E-state index < -0.39 is 33.6 Å². The first-order valence-corrected chi connectivity index (χ1v) is 10.5. The Morgan fingerprint density at radius 2 is 1.41 bits per heavy atom. The van der Waals surface area contributed by atoms with Crippen LogP contribution in [0.2, 0.25) is 0 Å². The summed E-state index contributed by atoms with van der Waals surface area (Å²) in [7, 11) is -3.75. The fraction of sp³-hybridized carbons (Fsp3) is 0.429. The molecule has 0 spiro atoms. The van der Waals surface area contributed by atoms with Crippen molar-refractivity contribution in [3.05, 3.63) is 65.7 Å². The van der Waals surface area contributed by atoms with Crippen molar-refractivity contribution in [3.63, 3.8) is 0 Å². The monoisotopic (exact) mass is 389 g/mol. The lowest BCUT2D eigenvalue weighted by Crippen LogP contribution is -2.41. The second-order valence-corrected chi connectivity index (χ2v) is 9.66. The molecule has 1 aliphatic heterocycles. The first-order valence-electron chi connectivity index (χ1n) is 9.01. The van der Waals surface area contributed by atoms with Crippen LogP contribution in [0.4, 0.5) is 0 Å². The quantitative estimate of drug-likeness (QED) is 0.841. The van der Waals surface area contributed by atoms with Crippen LogP contribution in [0.1, 0.15) is 44.9 Å². The molecule has 6 heteroatoms. The maximum Gasteiger partial charge on any atom is 0.241 e. The van der Waals surface area contributed by atoms with Gasteiger partial charge in [0.25, 0.3) is 0 Å². The molecule has 0 unspecified atom stereocenters. The van der Waals surface area contributed by atoms with Crippen molar-refractivity contribution in [2.75, 3.05) is 0 Å². The van der Waals surface area contributed by atoms with Crippen LogP contribution < -0.4 is 4.72 Å². The molecule has 1 aliphatic rings. The SMILES string of the molecule is Cc1ccc(S(=O)(=O)N[C@@H](c2ccccc2)C2OC(C)(C)C(C)(C)O2)cc1. The van der Waals surface area contributed by atoms with Crippen molar-refractivity contribution in [1.82, 2.24) is 4.72 Å². The Hall–Kier alpha value is -1.73. The summed E-state index contributed by atoms with van der Waals surface area (Å²) in [6, 6.07) is 15.5. The Labute approximate surface area is 161 Å². The van der Waals surface area contributed by atoms with E-state index in [0.717, 1.165) is 11.1 Å². The van der Waals surface area contributed by atoms with Gasteiger partial charge in [-0.25, -0.2) is 8.42 Å². The Kier molecular flexibility index (Phi) is 5.20. The number of hydrogen-bond acceptors (Lipinski definition) is 4. The molecule has 2 aromatic rings. The number of aryl methyl sites for hydroxylation is 1. The molecule has 5 nitrogen and oxygen atoms in total. The van der Waals surface area contributed by atoms with Gasteiger partial charge in [0.15, 0.2) is 6.29 Å². The van der Waals surface area contributed by atoms with Crippen molar-refractivity contribution in [3.8, 4) is 0 Å². The fourth-order valence-electron chi connectivity index (χ4n) is 2.92. The molecular weight excluding hydrogens is 362 g/mol. The third-order valence-corrected chi connectivity index (χ3v) is 6.77. The van der Waals surface area contributed by atoms with Gasteiger partial charge in [-0.05, 0) is 52.3 Å². The molecule has 1 fully saturated rings. The van der Waals surface area contributed by atoms with E-state index in [1.165, 1.54) is 0 Å². The standard InChI is InChI=1S/C21H27NO4S/c1-15-11-13-17(14-12-15)27(23,24)22-18(16-9-7-6-8-10-16)19-25-20(2,3)21(4,5)26-19/h6-14,18-19,22H,1-5H3/t18-/m0/s1. The zero-order valence-corrected chi connectivity index (χ0v) is 17.2. The van der Waals surface area contributed by atoms with Crippen LogP contribution in [0.15, 0.2) is 59.5 Å². The smallest absolute Gasteiger partial charge is 0.241 e. The molecule has 0 radical (unpaired) electrons. The molecule has 1 heterocycles. The second kappa shape index (κ2) is 7.02. The van der Waals surface area contributed by atoms with E-state index in [0.29, 0.717) is 0 Å². The maximum atomic E-state index is 13.0.